The van der Waals surface area contributed by atoms with Crippen molar-refractivity contribution in [3.63, 3.8) is 0 Å². The van der Waals surface area contributed by atoms with E-state index < -0.39 is 16.1 Å². The summed E-state index contributed by atoms with van der Waals surface area (Å²) >= 11 is 0. The highest BCUT2D eigenvalue weighted by Crippen LogP contribution is 2.33. The largest absolute Gasteiger partial charge is 0.493 e. The van der Waals surface area contributed by atoms with E-state index in [0.717, 1.165) is 5.56 Å². The van der Waals surface area contributed by atoms with Gasteiger partial charge in [0.1, 0.15) is 5.75 Å². The van der Waals surface area contributed by atoms with Crippen LogP contribution in [-0.2, 0) is 26.0 Å². The molecule has 2 aliphatic rings. The molecule has 0 saturated carbocycles. The first kappa shape index (κ1) is 24.8. The van der Waals surface area contributed by atoms with Gasteiger partial charge >= 0.3 is 0 Å². The highest BCUT2D eigenvalue weighted by atomic mass is 32.2. The van der Waals surface area contributed by atoms with Crippen molar-refractivity contribution in [2.75, 3.05) is 45.7 Å². The first-order chi connectivity index (χ1) is 16.8. The molecule has 2 aliphatic heterocycles. The molecule has 1 atom stereocenters. The Kier molecular flexibility index (Phi) is 7.18. The number of fused-ring (bicyclic) bond motifs is 1. The van der Waals surface area contributed by atoms with E-state index in [2.05, 4.69) is 5.32 Å². The van der Waals surface area contributed by atoms with Crippen molar-refractivity contribution < 1.29 is 32.2 Å². The topological polar surface area (TPSA) is 114 Å². The van der Waals surface area contributed by atoms with Gasteiger partial charge in [-0.3, -0.25) is 9.59 Å². The molecule has 11 heteroatoms. The van der Waals surface area contributed by atoms with Gasteiger partial charge in [0, 0.05) is 26.2 Å². The molecule has 0 radical (unpaired) electrons. The zero-order valence-corrected chi connectivity index (χ0v) is 20.8. The van der Waals surface area contributed by atoms with Crippen LogP contribution in [0.3, 0.4) is 0 Å². The Balaban J connectivity index is 1.40. The van der Waals surface area contributed by atoms with E-state index in [1.807, 2.05) is 6.92 Å². The average Bonchev–Trinajstić information content (AvgIpc) is 2.87. The number of anilines is 1. The maximum absolute atomic E-state index is 13.2. The molecular formula is C24H29N3O7S. The quantitative estimate of drug-likeness (QED) is 0.614. The molecule has 2 amide bonds. The minimum Gasteiger partial charge on any atom is -0.493 e. The van der Waals surface area contributed by atoms with E-state index in [4.69, 9.17) is 14.2 Å². The molecule has 0 aromatic heterocycles. The van der Waals surface area contributed by atoms with Crippen LogP contribution in [0, 0.1) is 0 Å². The summed E-state index contributed by atoms with van der Waals surface area (Å²) in [6.07, 6.45) is 0.103. The minimum atomic E-state index is -3.80. The van der Waals surface area contributed by atoms with Gasteiger partial charge < -0.3 is 24.4 Å². The molecule has 35 heavy (non-hydrogen) atoms. The second-order valence-corrected chi connectivity index (χ2v) is 10.3. The Labute approximate surface area is 204 Å². The second-order valence-electron chi connectivity index (χ2n) is 8.31. The lowest BCUT2D eigenvalue weighted by Gasteiger charge is -2.34. The second kappa shape index (κ2) is 10.1. The predicted molar refractivity (Wildman–Crippen MR) is 128 cm³/mol. The van der Waals surface area contributed by atoms with Crippen LogP contribution in [0.5, 0.6) is 17.2 Å². The number of carbonyl (C=O) groups excluding carboxylic acids is 2. The molecule has 188 valence electrons. The van der Waals surface area contributed by atoms with Gasteiger partial charge in [-0.1, -0.05) is 13.0 Å². The standard InChI is InChI=1S/C24H29N3O7S/c1-4-19-24(29)25-18-15-17(6-8-20(18)34-19)35(30,31)27-11-9-26(10-12-27)23(28)14-16-5-7-21(32-2)22(13-16)33-3/h5-8,13,15,19H,4,9-12,14H2,1-3H3,(H,25,29). The molecule has 2 heterocycles. The van der Waals surface area contributed by atoms with Crippen molar-refractivity contribution in [2.24, 2.45) is 0 Å². The summed E-state index contributed by atoms with van der Waals surface area (Å²) in [5.74, 6) is 1.19. The summed E-state index contributed by atoms with van der Waals surface area (Å²) in [4.78, 5) is 26.7. The molecule has 10 nitrogen and oxygen atoms in total. The van der Waals surface area contributed by atoms with Crippen LogP contribution in [0.2, 0.25) is 0 Å². The van der Waals surface area contributed by atoms with Crippen molar-refractivity contribution in [1.82, 2.24) is 9.21 Å². The molecule has 2 aromatic carbocycles. The summed E-state index contributed by atoms with van der Waals surface area (Å²) in [6.45, 7) is 2.77. The molecule has 1 N–H and O–H groups in total. The third-order valence-electron chi connectivity index (χ3n) is 6.17. The lowest BCUT2D eigenvalue weighted by Crippen LogP contribution is -2.50. The van der Waals surface area contributed by atoms with Crippen LogP contribution in [0.4, 0.5) is 5.69 Å². The van der Waals surface area contributed by atoms with Crippen molar-refractivity contribution in [3.05, 3.63) is 42.0 Å². The Morgan fingerprint density at radius 3 is 2.43 bits per heavy atom. The summed E-state index contributed by atoms with van der Waals surface area (Å²) in [5.41, 5.74) is 1.12. The smallest absolute Gasteiger partial charge is 0.265 e. The third-order valence-corrected chi connectivity index (χ3v) is 8.07. The fraction of sp³-hybridized carbons (Fsp3) is 0.417. The van der Waals surface area contributed by atoms with E-state index in [1.54, 1.807) is 36.3 Å². The van der Waals surface area contributed by atoms with Gasteiger partial charge in [0.15, 0.2) is 17.6 Å². The third kappa shape index (κ3) is 5.06. The van der Waals surface area contributed by atoms with Crippen LogP contribution in [0.15, 0.2) is 41.3 Å². The molecule has 1 unspecified atom stereocenters. The number of piperazine rings is 1. The van der Waals surface area contributed by atoms with Gasteiger partial charge in [-0.25, -0.2) is 8.42 Å². The number of hydrogen-bond donors (Lipinski definition) is 1. The molecule has 1 saturated heterocycles. The molecule has 0 bridgehead atoms. The van der Waals surface area contributed by atoms with Crippen LogP contribution < -0.4 is 19.5 Å². The van der Waals surface area contributed by atoms with Gasteiger partial charge in [0.25, 0.3) is 5.91 Å². The van der Waals surface area contributed by atoms with Gasteiger partial charge in [-0.15, -0.1) is 0 Å². The molecule has 0 spiro atoms. The zero-order valence-electron chi connectivity index (χ0n) is 19.9. The summed E-state index contributed by atoms with van der Waals surface area (Å²) in [6, 6.07) is 9.78. The van der Waals surface area contributed by atoms with Crippen LogP contribution >= 0.6 is 0 Å². The number of amides is 2. The van der Waals surface area contributed by atoms with Crippen molar-refractivity contribution in [1.29, 1.82) is 0 Å². The molecule has 4 rings (SSSR count). The van der Waals surface area contributed by atoms with Gasteiger partial charge in [0.2, 0.25) is 15.9 Å². The van der Waals surface area contributed by atoms with Crippen molar-refractivity contribution in [3.8, 4) is 17.2 Å². The van der Waals surface area contributed by atoms with Crippen molar-refractivity contribution >= 4 is 27.5 Å². The number of nitrogens with zero attached hydrogens (tertiary/aromatic N) is 2. The van der Waals surface area contributed by atoms with Crippen LogP contribution in [-0.4, -0.2) is 75.9 Å². The average molecular weight is 504 g/mol. The fourth-order valence-electron chi connectivity index (χ4n) is 4.16. The zero-order chi connectivity index (χ0) is 25.2. The Hall–Kier alpha value is -3.31. The fourth-order valence-corrected chi connectivity index (χ4v) is 5.61. The van der Waals surface area contributed by atoms with Crippen LogP contribution in [0.25, 0.3) is 0 Å². The first-order valence-electron chi connectivity index (χ1n) is 11.4. The first-order valence-corrected chi connectivity index (χ1v) is 12.8. The number of methoxy groups -OCH3 is 2. The lowest BCUT2D eigenvalue weighted by molar-refractivity contribution is -0.131. The number of carbonyl (C=O) groups is 2. The Bertz CT molecular complexity index is 1220. The highest BCUT2D eigenvalue weighted by molar-refractivity contribution is 7.89. The Morgan fingerprint density at radius 1 is 1.06 bits per heavy atom. The van der Waals surface area contributed by atoms with Crippen LogP contribution in [0.1, 0.15) is 18.9 Å². The molecule has 2 aromatic rings. The maximum Gasteiger partial charge on any atom is 0.265 e. The number of benzene rings is 2. The van der Waals surface area contributed by atoms with Crippen molar-refractivity contribution in [2.45, 2.75) is 30.8 Å². The van der Waals surface area contributed by atoms with Gasteiger partial charge in [0.05, 0.1) is 31.2 Å². The summed E-state index contributed by atoms with van der Waals surface area (Å²) in [7, 11) is -0.715. The molecule has 0 aliphatic carbocycles. The Morgan fingerprint density at radius 2 is 1.77 bits per heavy atom. The SMILES string of the molecule is CCC1Oc2ccc(S(=O)(=O)N3CCN(C(=O)Cc4ccc(OC)c(OC)c4)CC3)cc2NC1=O. The number of rotatable bonds is 7. The number of nitrogens with one attached hydrogen (secondary N) is 1. The number of sulfonamides is 1. The predicted octanol–water partition coefficient (Wildman–Crippen LogP) is 1.89. The number of ether oxygens (including phenoxy) is 3. The van der Waals surface area contributed by atoms with E-state index >= 15 is 0 Å². The van der Waals surface area contributed by atoms with Gasteiger partial charge in [-0.05, 0) is 42.3 Å². The molecule has 1 fully saturated rings. The van der Waals surface area contributed by atoms with E-state index in [9.17, 15) is 18.0 Å². The van der Waals surface area contributed by atoms with E-state index in [0.29, 0.717) is 29.4 Å². The van der Waals surface area contributed by atoms with E-state index in [-0.39, 0.29) is 49.3 Å². The highest BCUT2D eigenvalue weighted by Gasteiger charge is 2.32. The molecular weight excluding hydrogens is 474 g/mol. The summed E-state index contributed by atoms with van der Waals surface area (Å²) < 4.78 is 44.0. The van der Waals surface area contributed by atoms with Gasteiger partial charge in [-0.2, -0.15) is 4.31 Å². The maximum atomic E-state index is 13.2. The summed E-state index contributed by atoms with van der Waals surface area (Å²) in [5, 5.41) is 2.72. The van der Waals surface area contributed by atoms with E-state index in [1.165, 1.54) is 23.5 Å². The number of hydrogen-bond acceptors (Lipinski definition) is 7. The lowest BCUT2D eigenvalue weighted by atomic mass is 10.1. The minimum absolute atomic E-state index is 0.0696. The normalized spacial score (nSPS) is 18.3. The monoisotopic (exact) mass is 503 g/mol.